The zero-order valence-corrected chi connectivity index (χ0v) is 12.7. The lowest BCUT2D eigenvalue weighted by Crippen LogP contribution is -2.26. The Morgan fingerprint density at radius 3 is 2.67 bits per heavy atom. The van der Waals surface area contributed by atoms with E-state index in [2.05, 4.69) is 22.6 Å². The lowest BCUT2D eigenvalue weighted by molar-refractivity contribution is 0.406. The monoisotopic (exact) mass is 377 g/mol. The highest BCUT2D eigenvalue weighted by Gasteiger charge is 2.21. The van der Waals surface area contributed by atoms with Crippen molar-refractivity contribution >= 4 is 32.6 Å². The largest absolute Gasteiger partial charge is 0.468 e. The number of furan rings is 1. The summed E-state index contributed by atoms with van der Waals surface area (Å²) in [5, 5.41) is 0. The average molecular weight is 377 g/mol. The minimum Gasteiger partial charge on any atom is -0.468 e. The highest BCUT2D eigenvalue weighted by Crippen LogP contribution is 2.18. The van der Waals surface area contributed by atoms with Crippen LogP contribution in [0.15, 0.2) is 52.0 Å². The molecule has 0 aliphatic carbocycles. The fourth-order valence-corrected chi connectivity index (χ4v) is 3.45. The van der Waals surface area contributed by atoms with Crippen LogP contribution in [0.4, 0.5) is 0 Å². The molecule has 1 aromatic carbocycles. The predicted molar refractivity (Wildman–Crippen MR) is 76.5 cm³/mol. The highest BCUT2D eigenvalue weighted by atomic mass is 127. The Morgan fingerprint density at radius 2 is 2.06 bits per heavy atom. The maximum absolute atomic E-state index is 12.3. The Balaban J connectivity index is 2.25. The van der Waals surface area contributed by atoms with Gasteiger partial charge in [-0.1, -0.05) is 6.07 Å². The third kappa shape index (κ3) is 2.93. The molecule has 0 N–H and O–H groups in total. The molecule has 0 saturated carbocycles. The van der Waals surface area contributed by atoms with Crippen molar-refractivity contribution < 1.29 is 12.8 Å². The molecule has 1 aromatic heterocycles. The van der Waals surface area contributed by atoms with E-state index >= 15 is 0 Å². The van der Waals surface area contributed by atoms with Gasteiger partial charge in [0.1, 0.15) is 5.76 Å². The van der Waals surface area contributed by atoms with Crippen LogP contribution in [0.25, 0.3) is 0 Å². The first kappa shape index (κ1) is 13.6. The molecule has 96 valence electrons. The predicted octanol–water partition coefficient (Wildman–Crippen LogP) is 2.70. The van der Waals surface area contributed by atoms with E-state index in [1.807, 2.05) is 6.07 Å². The van der Waals surface area contributed by atoms with Crippen LogP contribution in [0, 0.1) is 3.57 Å². The molecule has 0 aliphatic rings. The summed E-state index contributed by atoms with van der Waals surface area (Å²) in [6.45, 7) is 0.223. The Morgan fingerprint density at radius 1 is 1.28 bits per heavy atom. The van der Waals surface area contributed by atoms with Gasteiger partial charge in [0.15, 0.2) is 0 Å². The van der Waals surface area contributed by atoms with Crippen LogP contribution in [0.2, 0.25) is 0 Å². The lowest BCUT2D eigenvalue weighted by atomic mass is 10.4. The molecule has 0 unspecified atom stereocenters. The number of sulfonamides is 1. The zero-order valence-electron chi connectivity index (χ0n) is 9.71. The van der Waals surface area contributed by atoms with Crippen LogP contribution in [-0.4, -0.2) is 19.8 Å². The van der Waals surface area contributed by atoms with E-state index in [9.17, 15) is 8.42 Å². The number of hydrogen-bond acceptors (Lipinski definition) is 3. The first-order valence-electron chi connectivity index (χ1n) is 5.24. The Hall–Kier alpha value is -0.860. The lowest BCUT2D eigenvalue weighted by Gasteiger charge is -2.16. The summed E-state index contributed by atoms with van der Waals surface area (Å²) in [4.78, 5) is 0.295. The van der Waals surface area contributed by atoms with Gasteiger partial charge in [0.25, 0.3) is 0 Å². The van der Waals surface area contributed by atoms with E-state index in [4.69, 9.17) is 4.42 Å². The molecule has 4 nitrogen and oxygen atoms in total. The van der Waals surface area contributed by atoms with Crippen molar-refractivity contribution in [1.29, 1.82) is 0 Å². The molecule has 0 atom stereocenters. The van der Waals surface area contributed by atoms with Crippen LogP contribution in [0.3, 0.4) is 0 Å². The average Bonchev–Trinajstić information content (AvgIpc) is 2.81. The molecule has 6 heteroatoms. The van der Waals surface area contributed by atoms with Crippen molar-refractivity contribution in [3.63, 3.8) is 0 Å². The Labute approximate surface area is 120 Å². The fourth-order valence-electron chi connectivity index (χ4n) is 1.51. The van der Waals surface area contributed by atoms with Gasteiger partial charge in [0, 0.05) is 10.6 Å². The first-order valence-corrected chi connectivity index (χ1v) is 7.76. The topological polar surface area (TPSA) is 50.5 Å². The standard InChI is InChI=1S/C12H12INO3S/c1-14(9-11-5-3-7-17-11)18(15,16)12-6-2-4-10(13)8-12/h2-8H,9H2,1H3. The number of halogens is 1. The van der Waals surface area contributed by atoms with Crippen LogP contribution in [0.5, 0.6) is 0 Å². The van der Waals surface area contributed by atoms with Gasteiger partial charge < -0.3 is 4.42 Å². The van der Waals surface area contributed by atoms with Crippen LogP contribution in [0.1, 0.15) is 5.76 Å². The van der Waals surface area contributed by atoms with Crippen LogP contribution in [-0.2, 0) is 16.6 Å². The number of rotatable bonds is 4. The van der Waals surface area contributed by atoms with Gasteiger partial charge in [-0.05, 0) is 52.9 Å². The summed E-state index contributed by atoms with van der Waals surface area (Å²) in [5.74, 6) is 0.617. The molecule has 0 spiro atoms. The van der Waals surface area contributed by atoms with Gasteiger partial charge in [-0.2, -0.15) is 4.31 Å². The third-order valence-electron chi connectivity index (χ3n) is 2.46. The van der Waals surface area contributed by atoms with Crippen LogP contribution < -0.4 is 0 Å². The van der Waals surface area contributed by atoms with Gasteiger partial charge in [-0.15, -0.1) is 0 Å². The second-order valence-electron chi connectivity index (χ2n) is 3.80. The molecule has 18 heavy (non-hydrogen) atoms. The van der Waals surface area contributed by atoms with Gasteiger partial charge in [-0.3, -0.25) is 0 Å². The number of nitrogens with zero attached hydrogens (tertiary/aromatic N) is 1. The van der Waals surface area contributed by atoms with Crippen molar-refractivity contribution in [3.8, 4) is 0 Å². The quantitative estimate of drug-likeness (QED) is 0.770. The minimum atomic E-state index is -3.47. The maximum Gasteiger partial charge on any atom is 0.243 e. The molecule has 0 bridgehead atoms. The van der Waals surface area contributed by atoms with E-state index in [0.717, 1.165) is 3.57 Å². The summed E-state index contributed by atoms with van der Waals surface area (Å²) in [5.41, 5.74) is 0. The van der Waals surface area contributed by atoms with Gasteiger partial charge in [-0.25, -0.2) is 8.42 Å². The van der Waals surface area contributed by atoms with Crippen molar-refractivity contribution in [1.82, 2.24) is 4.31 Å². The second kappa shape index (κ2) is 5.41. The number of benzene rings is 1. The normalized spacial score (nSPS) is 11.9. The zero-order chi connectivity index (χ0) is 13.2. The molecule has 1 heterocycles. The van der Waals surface area contributed by atoms with Crippen molar-refractivity contribution in [2.45, 2.75) is 11.4 Å². The molecule has 0 fully saturated rings. The fraction of sp³-hybridized carbons (Fsp3) is 0.167. The molecule has 2 rings (SSSR count). The van der Waals surface area contributed by atoms with E-state index in [1.165, 1.54) is 17.6 Å². The second-order valence-corrected chi connectivity index (χ2v) is 7.09. The molecular formula is C12H12INO3S. The van der Waals surface area contributed by atoms with Crippen molar-refractivity contribution in [3.05, 3.63) is 52.0 Å². The summed E-state index contributed by atoms with van der Waals surface area (Å²) in [6.07, 6.45) is 1.53. The molecule has 0 saturated heterocycles. The van der Waals surface area contributed by atoms with Crippen LogP contribution >= 0.6 is 22.6 Å². The van der Waals surface area contributed by atoms with Gasteiger partial charge >= 0.3 is 0 Å². The Kier molecular flexibility index (Phi) is 4.08. The van der Waals surface area contributed by atoms with E-state index < -0.39 is 10.0 Å². The van der Waals surface area contributed by atoms with E-state index in [1.54, 1.807) is 30.3 Å². The van der Waals surface area contributed by atoms with Crippen molar-refractivity contribution in [2.75, 3.05) is 7.05 Å². The summed E-state index contributed by atoms with van der Waals surface area (Å²) >= 11 is 2.09. The third-order valence-corrected chi connectivity index (χ3v) is 4.93. The van der Waals surface area contributed by atoms with E-state index in [0.29, 0.717) is 10.7 Å². The van der Waals surface area contributed by atoms with Crippen molar-refractivity contribution in [2.24, 2.45) is 0 Å². The van der Waals surface area contributed by atoms with E-state index in [-0.39, 0.29) is 6.54 Å². The molecule has 0 aliphatic heterocycles. The minimum absolute atomic E-state index is 0.223. The molecule has 0 radical (unpaired) electrons. The van der Waals surface area contributed by atoms with Gasteiger partial charge in [0.05, 0.1) is 17.7 Å². The maximum atomic E-state index is 12.3. The highest BCUT2D eigenvalue weighted by molar-refractivity contribution is 14.1. The summed E-state index contributed by atoms with van der Waals surface area (Å²) in [7, 11) is -1.93. The molecular weight excluding hydrogens is 365 g/mol. The summed E-state index contributed by atoms with van der Waals surface area (Å²) in [6, 6.07) is 10.3. The Bertz CT molecular complexity index is 623. The SMILES string of the molecule is CN(Cc1ccco1)S(=O)(=O)c1cccc(I)c1. The van der Waals surface area contributed by atoms with Gasteiger partial charge in [0.2, 0.25) is 10.0 Å². The molecule has 2 aromatic rings. The smallest absolute Gasteiger partial charge is 0.243 e. The molecule has 0 amide bonds. The number of hydrogen-bond donors (Lipinski definition) is 0. The first-order chi connectivity index (χ1) is 8.50. The summed E-state index contributed by atoms with van der Waals surface area (Å²) < 4.78 is 31.9.